The summed E-state index contributed by atoms with van der Waals surface area (Å²) in [5.41, 5.74) is 2.52. The fraction of sp³-hybridized carbons (Fsp3) is 0.412. The lowest BCUT2D eigenvalue weighted by molar-refractivity contribution is 0.147. The Bertz CT molecular complexity index is 576. The van der Waals surface area contributed by atoms with Crippen molar-refractivity contribution in [3.05, 3.63) is 51.7 Å². The van der Waals surface area contributed by atoms with Gasteiger partial charge in [0.05, 0.1) is 12.7 Å². The molecule has 1 aromatic heterocycles. The zero-order valence-electron chi connectivity index (χ0n) is 11.7. The first-order valence-corrected chi connectivity index (χ1v) is 8.13. The van der Waals surface area contributed by atoms with Crippen LogP contribution in [0.3, 0.4) is 0 Å². The molecule has 1 aliphatic heterocycles. The molecule has 0 bridgehead atoms. The van der Waals surface area contributed by atoms with Crippen molar-refractivity contribution in [2.24, 2.45) is 0 Å². The van der Waals surface area contributed by atoms with Gasteiger partial charge in [-0.15, -0.1) is 11.3 Å². The standard InChI is InChI=1S/C17H20O2S/c1-2-12-8-10-20-17(12)15(18)11-13-7-9-19-16-6-4-3-5-14(13)16/h3-6,8,10,13,15,18H,2,7,9,11H2,1H3. The SMILES string of the molecule is CCc1ccsc1C(O)CC1CCOc2ccccc21. The summed E-state index contributed by atoms with van der Waals surface area (Å²) in [7, 11) is 0. The molecule has 0 radical (unpaired) electrons. The van der Waals surface area contributed by atoms with Crippen molar-refractivity contribution < 1.29 is 9.84 Å². The van der Waals surface area contributed by atoms with E-state index in [9.17, 15) is 5.11 Å². The predicted octanol–water partition coefficient (Wildman–Crippen LogP) is 4.30. The summed E-state index contributed by atoms with van der Waals surface area (Å²) >= 11 is 1.67. The maximum Gasteiger partial charge on any atom is 0.122 e. The number of benzene rings is 1. The van der Waals surface area contributed by atoms with Gasteiger partial charge in [0, 0.05) is 4.88 Å². The van der Waals surface area contributed by atoms with Gasteiger partial charge in [-0.3, -0.25) is 0 Å². The summed E-state index contributed by atoms with van der Waals surface area (Å²) in [6.45, 7) is 2.89. The summed E-state index contributed by atoms with van der Waals surface area (Å²) in [5, 5.41) is 12.6. The van der Waals surface area contributed by atoms with E-state index in [2.05, 4.69) is 30.5 Å². The van der Waals surface area contributed by atoms with Gasteiger partial charge in [0.25, 0.3) is 0 Å². The topological polar surface area (TPSA) is 29.5 Å². The summed E-state index contributed by atoms with van der Waals surface area (Å²) < 4.78 is 5.69. The molecule has 1 aliphatic rings. The average Bonchev–Trinajstić information content (AvgIpc) is 2.96. The lowest BCUT2D eigenvalue weighted by atomic mass is 9.87. The van der Waals surface area contributed by atoms with Crippen molar-refractivity contribution in [3.63, 3.8) is 0 Å². The molecule has 2 atom stereocenters. The molecule has 2 heterocycles. The van der Waals surface area contributed by atoms with E-state index >= 15 is 0 Å². The Labute approximate surface area is 124 Å². The van der Waals surface area contributed by atoms with Crippen LogP contribution in [-0.2, 0) is 6.42 Å². The normalized spacial score (nSPS) is 19.2. The fourth-order valence-corrected chi connectivity index (χ4v) is 3.97. The Kier molecular flexibility index (Phi) is 4.08. The largest absolute Gasteiger partial charge is 0.493 e. The van der Waals surface area contributed by atoms with Crippen molar-refractivity contribution in [1.82, 2.24) is 0 Å². The summed E-state index contributed by atoms with van der Waals surface area (Å²) in [4.78, 5) is 1.14. The van der Waals surface area contributed by atoms with Crippen LogP contribution in [0.2, 0.25) is 0 Å². The van der Waals surface area contributed by atoms with Crippen LogP contribution in [0.25, 0.3) is 0 Å². The minimum Gasteiger partial charge on any atom is -0.493 e. The molecule has 2 aromatic rings. The van der Waals surface area contributed by atoms with E-state index in [4.69, 9.17) is 4.74 Å². The lowest BCUT2D eigenvalue weighted by Crippen LogP contribution is -2.16. The zero-order chi connectivity index (χ0) is 13.9. The molecule has 3 heteroatoms. The van der Waals surface area contributed by atoms with Crippen LogP contribution < -0.4 is 4.74 Å². The second-order valence-corrected chi connectivity index (χ2v) is 6.23. The minimum absolute atomic E-state index is 0.360. The van der Waals surface area contributed by atoms with E-state index in [1.165, 1.54) is 11.1 Å². The molecule has 0 amide bonds. The maximum absolute atomic E-state index is 10.6. The van der Waals surface area contributed by atoms with E-state index in [1.807, 2.05) is 12.1 Å². The van der Waals surface area contributed by atoms with Crippen molar-refractivity contribution in [2.45, 2.75) is 38.2 Å². The van der Waals surface area contributed by atoms with Crippen LogP contribution >= 0.6 is 11.3 Å². The Hall–Kier alpha value is -1.32. The second kappa shape index (κ2) is 5.98. The number of hydrogen-bond acceptors (Lipinski definition) is 3. The fourth-order valence-electron chi connectivity index (χ4n) is 2.97. The number of rotatable bonds is 4. The van der Waals surface area contributed by atoms with Crippen LogP contribution in [0, 0.1) is 0 Å². The molecule has 2 nitrogen and oxygen atoms in total. The van der Waals surface area contributed by atoms with Crippen LogP contribution in [0.1, 0.15) is 47.8 Å². The molecule has 3 rings (SSSR count). The van der Waals surface area contributed by atoms with E-state index in [0.29, 0.717) is 5.92 Å². The molecule has 1 aromatic carbocycles. The van der Waals surface area contributed by atoms with Gasteiger partial charge in [0.1, 0.15) is 5.75 Å². The number of thiophene rings is 1. The first kappa shape index (κ1) is 13.7. The molecule has 0 saturated heterocycles. The maximum atomic E-state index is 10.6. The Morgan fingerprint density at radius 1 is 1.35 bits per heavy atom. The molecule has 20 heavy (non-hydrogen) atoms. The van der Waals surface area contributed by atoms with Gasteiger partial charge in [-0.1, -0.05) is 25.1 Å². The molecule has 0 spiro atoms. The number of aliphatic hydroxyl groups excluding tert-OH is 1. The highest BCUT2D eigenvalue weighted by Crippen LogP contribution is 2.40. The minimum atomic E-state index is -0.360. The first-order chi connectivity index (χ1) is 9.79. The van der Waals surface area contributed by atoms with Gasteiger partial charge >= 0.3 is 0 Å². The van der Waals surface area contributed by atoms with Gasteiger partial charge in [-0.25, -0.2) is 0 Å². The van der Waals surface area contributed by atoms with Crippen LogP contribution in [0.5, 0.6) is 5.75 Å². The highest BCUT2D eigenvalue weighted by Gasteiger charge is 2.25. The van der Waals surface area contributed by atoms with Crippen LogP contribution in [0.4, 0.5) is 0 Å². The molecule has 2 unspecified atom stereocenters. The molecule has 106 valence electrons. The van der Waals surface area contributed by atoms with Gasteiger partial charge in [0.2, 0.25) is 0 Å². The molecule has 1 N–H and O–H groups in total. The summed E-state index contributed by atoms with van der Waals surface area (Å²) in [6.07, 6.45) is 2.40. The molecule has 0 fully saturated rings. The molecule has 0 saturated carbocycles. The Morgan fingerprint density at radius 3 is 3.05 bits per heavy atom. The summed E-state index contributed by atoms with van der Waals surface area (Å²) in [6, 6.07) is 10.3. The van der Waals surface area contributed by atoms with Crippen LogP contribution in [0.15, 0.2) is 35.7 Å². The predicted molar refractivity (Wildman–Crippen MR) is 82.6 cm³/mol. The van der Waals surface area contributed by atoms with E-state index in [-0.39, 0.29) is 6.10 Å². The molecular weight excluding hydrogens is 268 g/mol. The van der Waals surface area contributed by atoms with Crippen molar-refractivity contribution >= 4 is 11.3 Å². The number of aryl methyl sites for hydroxylation is 1. The molecule has 0 aliphatic carbocycles. The lowest BCUT2D eigenvalue weighted by Gasteiger charge is -2.27. The van der Waals surface area contributed by atoms with Crippen LogP contribution in [-0.4, -0.2) is 11.7 Å². The molecular formula is C17H20O2S. The zero-order valence-corrected chi connectivity index (χ0v) is 12.5. The van der Waals surface area contributed by atoms with Crippen molar-refractivity contribution in [1.29, 1.82) is 0 Å². The van der Waals surface area contributed by atoms with Crippen molar-refractivity contribution in [3.8, 4) is 5.75 Å². The number of fused-ring (bicyclic) bond motifs is 1. The first-order valence-electron chi connectivity index (χ1n) is 7.25. The number of hydrogen-bond donors (Lipinski definition) is 1. The third-order valence-electron chi connectivity index (χ3n) is 4.05. The summed E-state index contributed by atoms with van der Waals surface area (Å²) in [5.74, 6) is 1.37. The van der Waals surface area contributed by atoms with E-state index < -0.39 is 0 Å². The monoisotopic (exact) mass is 288 g/mol. The second-order valence-electron chi connectivity index (χ2n) is 5.29. The number of para-hydroxylation sites is 1. The average molecular weight is 288 g/mol. The van der Waals surface area contributed by atoms with Gasteiger partial charge in [-0.2, -0.15) is 0 Å². The van der Waals surface area contributed by atoms with Gasteiger partial charge in [0.15, 0.2) is 0 Å². The highest BCUT2D eigenvalue weighted by molar-refractivity contribution is 7.10. The number of aliphatic hydroxyl groups is 1. The third-order valence-corrected chi connectivity index (χ3v) is 5.12. The number of ether oxygens (including phenoxy) is 1. The smallest absolute Gasteiger partial charge is 0.122 e. The van der Waals surface area contributed by atoms with E-state index in [0.717, 1.165) is 36.5 Å². The van der Waals surface area contributed by atoms with Gasteiger partial charge in [-0.05, 0) is 53.8 Å². The Balaban J connectivity index is 1.79. The van der Waals surface area contributed by atoms with E-state index in [1.54, 1.807) is 11.3 Å². The Morgan fingerprint density at radius 2 is 2.20 bits per heavy atom. The third kappa shape index (κ3) is 2.60. The van der Waals surface area contributed by atoms with Crippen molar-refractivity contribution in [2.75, 3.05) is 6.61 Å². The van der Waals surface area contributed by atoms with Gasteiger partial charge < -0.3 is 9.84 Å². The quantitative estimate of drug-likeness (QED) is 0.909. The highest BCUT2D eigenvalue weighted by atomic mass is 32.1.